The standard InChI is InChI=1S/C18H27N3O2/c1-4-16(20(2)3)17(22)19-15-11-8-12-21(18(15)23)13-14-9-6-5-7-10-14/h5-7,9-10,15-16H,4,8,11-13H2,1-3H3,(H,19,22). The number of hydrogen-bond donors (Lipinski definition) is 1. The van der Waals surface area contributed by atoms with E-state index in [-0.39, 0.29) is 17.9 Å². The third-order valence-corrected chi connectivity index (χ3v) is 4.38. The molecule has 0 aliphatic carbocycles. The molecule has 1 aliphatic rings. The topological polar surface area (TPSA) is 52.7 Å². The summed E-state index contributed by atoms with van der Waals surface area (Å²) in [5.74, 6) is -0.0283. The van der Waals surface area contributed by atoms with Gasteiger partial charge in [-0.1, -0.05) is 37.3 Å². The van der Waals surface area contributed by atoms with Gasteiger partial charge in [0.1, 0.15) is 6.04 Å². The number of hydrogen-bond acceptors (Lipinski definition) is 3. The summed E-state index contributed by atoms with van der Waals surface area (Å²) in [7, 11) is 3.77. The average Bonchev–Trinajstić information content (AvgIpc) is 2.52. The molecule has 0 bridgehead atoms. The van der Waals surface area contributed by atoms with E-state index >= 15 is 0 Å². The molecule has 0 radical (unpaired) electrons. The Bertz CT molecular complexity index is 530. The zero-order valence-electron chi connectivity index (χ0n) is 14.3. The van der Waals surface area contributed by atoms with Crippen molar-refractivity contribution < 1.29 is 9.59 Å². The van der Waals surface area contributed by atoms with Crippen LogP contribution in [-0.4, -0.2) is 54.3 Å². The van der Waals surface area contributed by atoms with Gasteiger partial charge in [0, 0.05) is 13.1 Å². The van der Waals surface area contributed by atoms with E-state index in [2.05, 4.69) is 5.32 Å². The molecule has 1 fully saturated rings. The molecule has 0 aromatic heterocycles. The first-order valence-electron chi connectivity index (χ1n) is 8.32. The van der Waals surface area contributed by atoms with Crippen molar-refractivity contribution in [1.29, 1.82) is 0 Å². The van der Waals surface area contributed by atoms with E-state index in [9.17, 15) is 9.59 Å². The van der Waals surface area contributed by atoms with Crippen LogP contribution in [0.25, 0.3) is 0 Å². The zero-order chi connectivity index (χ0) is 16.8. The van der Waals surface area contributed by atoms with Crippen molar-refractivity contribution in [2.45, 2.75) is 44.8 Å². The first kappa shape index (κ1) is 17.5. The van der Waals surface area contributed by atoms with E-state index in [1.165, 1.54) is 0 Å². The summed E-state index contributed by atoms with van der Waals surface area (Å²) < 4.78 is 0. The van der Waals surface area contributed by atoms with Crippen molar-refractivity contribution in [3.05, 3.63) is 35.9 Å². The first-order chi connectivity index (χ1) is 11.0. The number of carbonyl (C=O) groups is 2. The number of amides is 2. The normalized spacial score (nSPS) is 19.7. The van der Waals surface area contributed by atoms with E-state index in [4.69, 9.17) is 0 Å². The molecule has 1 saturated heterocycles. The van der Waals surface area contributed by atoms with Gasteiger partial charge >= 0.3 is 0 Å². The molecule has 1 aliphatic heterocycles. The average molecular weight is 317 g/mol. The van der Waals surface area contributed by atoms with Gasteiger partial charge in [-0.05, 0) is 38.9 Å². The van der Waals surface area contributed by atoms with Gasteiger partial charge in [0.05, 0.1) is 6.04 Å². The van der Waals surface area contributed by atoms with Gasteiger partial charge in [0.25, 0.3) is 0 Å². The highest BCUT2D eigenvalue weighted by Gasteiger charge is 2.31. The Morgan fingerprint density at radius 1 is 1.35 bits per heavy atom. The number of piperidine rings is 1. The van der Waals surface area contributed by atoms with Crippen LogP contribution in [0.4, 0.5) is 0 Å². The molecule has 0 saturated carbocycles. The highest BCUT2D eigenvalue weighted by Crippen LogP contribution is 2.16. The predicted octanol–water partition coefficient (Wildman–Crippen LogP) is 1.63. The lowest BCUT2D eigenvalue weighted by Crippen LogP contribution is -2.55. The summed E-state index contributed by atoms with van der Waals surface area (Å²) in [4.78, 5) is 28.8. The van der Waals surface area contributed by atoms with Gasteiger partial charge in [-0.3, -0.25) is 14.5 Å². The van der Waals surface area contributed by atoms with E-state index in [1.807, 2.05) is 61.2 Å². The van der Waals surface area contributed by atoms with Crippen LogP contribution < -0.4 is 5.32 Å². The largest absolute Gasteiger partial charge is 0.343 e. The summed E-state index contributed by atoms with van der Waals surface area (Å²) in [6.07, 6.45) is 2.37. The molecule has 1 aromatic carbocycles. The van der Waals surface area contributed by atoms with Crippen LogP contribution in [0.1, 0.15) is 31.7 Å². The van der Waals surface area contributed by atoms with Gasteiger partial charge in [-0.2, -0.15) is 0 Å². The van der Waals surface area contributed by atoms with Gasteiger partial charge < -0.3 is 10.2 Å². The smallest absolute Gasteiger partial charge is 0.245 e. The molecule has 2 unspecified atom stereocenters. The van der Waals surface area contributed by atoms with E-state index in [0.717, 1.165) is 31.4 Å². The Kier molecular flexibility index (Phi) is 6.16. The molecule has 126 valence electrons. The van der Waals surface area contributed by atoms with Crippen LogP contribution in [0.15, 0.2) is 30.3 Å². The molecule has 2 rings (SSSR count). The first-order valence-corrected chi connectivity index (χ1v) is 8.32. The molecule has 2 atom stereocenters. The second kappa shape index (κ2) is 8.11. The third kappa shape index (κ3) is 4.55. The van der Waals surface area contributed by atoms with Gasteiger partial charge in [-0.25, -0.2) is 0 Å². The lowest BCUT2D eigenvalue weighted by molar-refractivity contribution is -0.140. The number of carbonyl (C=O) groups excluding carboxylic acids is 2. The van der Waals surface area contributed by atoms with Crippen molar-refractivity contribution in [2.24, 2.45) is 0 Å². The monoisotopic (exact) mass is 317 g/mol. The van der Waals surface area contributed by atoms with Crippen LogP contribution >= 0.6 is 0 Å². The molecule has 23 heavy (non-hydrogen) atoms. The molecule has 5 nitrogen and oxygen atoms in total. The fraction of sp³-hybridized carbons (Fsp3) is 0.556. The van der Waals surface area contributed by atoms with Gasteiger partial charge in [0.15, 0.2) is 0 Å². The predicted molar refractivity (Wildman–Crippen MR) is 90.8 cm³/mol. The maximum absolute atomic E-state index is 12.6. The van der Waals surface area contributed by atoms with Crippen molar-refractivity contribution in [1.82, 2.24) is 15.1 Å². The Labute approximate surface area is 138 Å². The highest BCUT2D eigenvalue weighted by atomic mass is 16.2. The lowest BCUT2D eigenvalue weighted by atomic mass is 10.0. The van der Waals surface area contributed by atoms with Crippen LogP contribution in [0.2, 0.25) is 0 Å². The fourth-order valence-corrected chi connectivity index (χ4v) is 3.09. The Hall–Kier alpha value is -1.88. The minimum atomic E-state index is -0.394. The van der Waals surface area contributed by atoms with Crippen LogP contribution in [0, 0.1) is 0 Å². The summed E-state index contributed by atoms with van der Waals surface area (Å²) in [5, 5.41) is 2.94. The van der Waals surface area contributed by atoms with Crippen molar-refractivity contribution >= 4 is 11.8 Å². The molecular formula is C18H27N3O2. The Balaban J connectivity index is 1.98. The summed E-state index contributed by atoms with van der Waals surface area (Å²) in [5.41, 5.74) is 1.12. The Morgan fingerprint density at radius 2 is 2.04 bits per heavy atom. The van der Waals surface area contributed by atoms with E-state index in [1.54, 1.807) is 0 Å². The van der Waals surface area contributed by atoms with Crippen LogP contribution in [0.5, 0.6) is 0 Å². The second-order valence-corrected chi connectivity index (χ2v) is 6.34. The van der Waals surface area contributed by atoms with Crippen molar-refractivity contribution in [2.75, 3.05) is 20.6 Å². The summed E-state index contributed by atoms with van der Waals surface area (Å²) in [6.45, 7) is 3.34. The second-order valence-electron chi connectivity index (χ2n) is 6.34. The van der Waals surface area contributed by atoms with E-state index in [0.29, 0.717) is 6.54 Å². The molecule has 1 N–H and O–H groups in total. The minimum absolute atomic E-state index is 0.0297. The zero-order valence-corrected chi connectivity index (χ0v) is 14.3. The highest BCUT2D eigenvalue weighted by molar-refractivity contribution is 5.90. The summed E-state index contributed by atoms with van der Waals surface area (Å²) in [6, 6.07) is 9.39. The van der Waals surface area contributed by atoms with Gasteiger partial charge in [0.2, 0.25) is 11.8 Å². The molecule has 2 amide bonds. The molecule has 5 heteroatoms. The quantitative estimate of drug-likeness (QED) is 0.868. The van der Waals surface area contributed by atoms with Crippen LogP contribution in [-0.2, 0) is 16.1 Å². The van der Waals surface area contributed by atoms with Crippen LogP contribution in [0.3, 0.4) is 0 Å². The van der Waals surface area contributed by atoms with Crippen molar-refractivity contribution in [3.63, 3.8) is 0 Å². The number of rotatable bonds is 6. The maximum atomic E-state index is 12.6. The Morgan fingerprint density at radius 3 is 2.65 bits per heavy atom. The molecular weight excluding hydrogens is 290 g/mol. The number of nitrogens with zero attached hydrogens (tertiary/aromatic N) is 2. The lowest BCUT2D eigenvalue weighted by Gasteiger charge is -2.34. The van der Waals surface area contributed by atoms with Crippen molar-refractivity contribution in [3.8, 4) is 0 Å². The minimum Gasteiger partial charge on any atom is -0.343 e. The van der Waals surface area contributed by atoms with E-state index < -0.39 is 6.04 Å². The molecule has 1 aromatic rings. The molecule has 1 heterocycles. The third-order valence-electron chi connectivity index (χ3n) is 4.38. The summed E-state index contributed by atoms with van der Waals surface area (Å²) >= 11 is 0. The SMILES string of the molecule is CCC(C(=O)NC1CCCN(Cc2ccccc2)C1=O)N(C)C. The van der Waals surface area contributed by atoms with Gasteiger partial charge in [-0.15, -0.1) is 0 Å². The number of nitrogens with one attached hydrogen (secondary N) is 1. The number of likely N-dealkylation sites (N-methyl/N-ethyl adjacent to an activating group) is 1. The fourth-order valence-electron chi connectivity index (χ4n) is 3.09. The number of likely N-dealkylation sites (tertiary alicyclic amines) is 1. The number of benzene rings is 1. The molecule has 0 spiro atoms. The maximum Gasteiger partial charge on any atom is 0.245 e.